The van der Waals surface area contributed by atoms with Crippen molar-refractivity contribution in [2.45, 2.75) is 33.6 Å². The molecule has 1 aromatic carbocycles. The Hall–Kier alpha value is -1.26. The molecule has 0 radical (unpaired) electrons. The second-order valence-corrected chi connectivity index (χ2v) is 6.47. The van der Waals surface area contributed by atoms with Crippen LogP contribution >= 0.6 is 15.9 Å². The van der Waals surface area contributed by atoms with E-state index in [0.29, 0.717) is 5.92 Å². The molecule has 1 unspecified atom stereocenters. The predicted octanol–water partition coefficient (Wildman–Crippen LogP) is 4.15. The van der Waals surface area contributed by atoms with Crippen LogP contribution in [0.1, 0.15) is 35.4 Å². The van der Waals surface area contributed by atoms with Crippen LogP contribution in [-0.4, -0.2) is 23.6 Å². The zero-order chi connectivity index (χ0) is 15.6. The van der Waals surface area contributed by atoms with Gasteiger partial charge in [0.05, 0.1) is 0 Å². The molecule has 0 aliphatic rings. The van der Waals surface area contributed by atoms with Crippen LogP contribution in [0.25, 0.3) is 11.4 Å². The topological polar surface area (TPSA) is 37.8 Å². The summed E-state index contributed by atoms with van der Waals surface area (Å²) in [4.78, 5) is 9.49. The molecule has 0 saturated heterocycles. The third kappa shape index (κ3) is 3.50. The van der Waals surface area contributed by atoms with Crippen molar-refractivity contribution in [1.29, 1.82) is 0 Å². The summed E-state index contributed by atoms with van der Waals surface area (Å²) >= 11 is 3.50. The number of halogens is 1. The molecule has 0 spiro atoms. The Morgan fingerprint density at radius 2 is 1.76 bits per heavy atom. The summed E-state index contributed by atoms with van der Waals surface area (Å²) in [6.07, 6.45) is 0. The van der Waals surface area contributed by atoms with E-state index in [1.807, 2.05) is 13.1 Å². The number of hydrogen-bond acceptors (Lipinski definition) is 3. The first-order valence-electron chi connectivity index (χ1n) is 7.20. The molecule has 0 saturated carbocycles. The van der Waals surface area contributed by atoms with Crippen LogP contribution in [0.2, 0.25) is 0 Å². The summed E-state index contributed by atoms with van der Waals surface area (Å²) in [5.74, 6) is 1.23. The van der Waals surface area contributed by atoms with Crippen LogP contribution in [0.3, 0.4) is 0 Å². The number of aromatic nitrogens is 2. The van der Waals surface area contributed by atoms with Crippen LogP contribution in [0.5, 0.6) is 0 Å². The molecular weight excluding hydrogens is 326 g/mol. The van der Waals surface area contributed by atoms with Gasteiger partial charge in [-0.05, 0) is 63.1 Å². The van der Waals surface area contributed by atoms with Gasteiger partial charge in [-0.2, -0.15) is 0 Å². The normalized spacial score (nSPS) is 12.5. The fraction of sp³-hybridized carbons (Fsp3) is 0.412. The highest BCUT2D eigenvalue weighted by Gasteiger charge is 2.16. The average molecular weight is 348 g/mol. The van der Waals surface area contributed by atoms with Crippen LogP contribution in [-0.2, 0) is 0 Å². The Morgan fingerprint density at radius 3 is 2.29 bits per heavy atom. The van der Waals surface area contributed by atoms with Gasteiger partial charge in [-0.15, -0.1) is 0 Å². The molecule has 4 heteroatoms. The minimum atomic E-state index is 0.412. The lowest BCUT2D eigenvalue weighted by Gasteiger charge is -2.17. The van der Waals surface area contributed by atoms with Crippen molar-refractivity contribution in [2.75, 3.05) is 13.6 Å². The molecule has 1 heterocycles. The van der Waals surface area contributed by atoms with E-state index in [1.54, 1.807) is 0 Å². The maximum absolute atomic E-state index is 4.74. The highest BCUT2D eigenvalue weighted by molar-refractivity contribution is 9.10. The van der Waals surface area contributed by atoms with Crippen LogP contribution < -0.4 is 5.32 Å². The largest absolute Gasteiger partial charge is 0.319 e. The van der Waals surface area contributed by atoms with Crippen molar-refractivity contribution in [3.8, 4) is 11.4 Å². The van der Waals surface area contributed by atoms with Gasteiger partial charge in [-0.3, -0.25) is 0 Å². The molecule has 0 amide bonds. The van der Waals surface area contributed by atoms with Gasteiger partial charge in [0.25, 0.3) is 0 Å². The van der Waals surface area contributed by atoms with Crippen molar-refractivity contribution in [3.05, 3.63) is 45.2 Å². The molecule has 112 valence electrons. The van der Waals surface area contributed by atoms with Crippen LogP contribution in [0.15, 0.2) is 22.7 Å². The molecule has 2 rings (SSSR count). The molecule has 1 aromatic heterocycles. The van der Waals surface area contributed by atoms with Gasteiger partial charge in [-0.1, -0.05) is 22.9 Å². The minimum Gasteiger partial charge on any atom is -0.319 e. The smallest absolute Gasteiger partial charge is 0.159 e. The number of likely N-dealkylation sites (N-methyl/N-ethyl adjacent to an activating group) is 1. The SMILES string of the molecule is CNCC(C)c1c(C)nc(-c2ccc(Br)cc2C)nc1C. The van der Waals surface area contributed by atoms with E-state index < -0.39 is 0 Å². The summed E-state index contributed by atoms with van der Waals surface area (Å²) < 4.78 is 1.08. The number of hydrogen-bond donors (Lipinski definition) is 1. The van der Waals surface area contributed by atoms with Gasteiger partial charge >= 0.3 is 0 Å². The monoisotopic (exact) mass is 347 g/mol. The zero-order valence-electron chi connectivity index (χ0n) is 13.3. The zero-order valence-corrected chi connectivity index (χ0v) is 14.9. The number of benzene rings is 1. The highest BCUT2D eigenvalue weighted by Crippen LogP contribution is 2.27. The lowest BCUT2D eigenvalue weighted by Crippen LogP contribution is -2.17. The number of nitrogens with zero attached hydrogens (tertiary/aromatic N) is 2. The fourth-order valence-corrected chi connectivity index (χ4v) is 3.32. The maximum Gasteiger partial charge on any atom is 0.159 e. The molecule has 0 aliphatic carbocycles. The molecule has 0 fully saturated rings. The van der Waals surface area contributed by atoms with Gasteiger partial charge in [0.2, 0.25) is 0 Å². The third-order valence-corrected chi connectivity index (χ3v) is 4.25. The van der Waals surface area contributed by atoms with Crippen LogP contribution in [0, 0.1) is 20.8 Å². The summed E-state index contributed by atoms with van der Waals surface area (Å²) in [6.45, 7) is 9.38. The minimum absolute atomic E-state index is 0.412. The standard InChI is InChI=1S/C17H22BrN3/c1-10-8-14(18)6-7-15(10)17-20-12(3)16(13(4)21-17)11(2)9-19-5/h6-8,11,19H,9H2,1-5H3. The summed E-state index contributed by atoms with van der Waals surface area (Å²) in [6, 6.07) is 6.21. The quantitative estimate of drug-likeness (QED) is 0.902. The van der Waals surface area contributed by atoms with Gasteiger partial charge in [0, 0.05) is 28.0 Å². The number of nitrogens with one attached hydrogen (secondary N) is 1. The van der Waals surface area contributed by atoms with E-state index in [-0.39, 0.29) is 0 Å². The van der Waals surface area contributed by atoms with Gasteiger partial charge in [0.1, 0.15) is 0 Å². The predicted molar refractivity (Wildman–Crippen MR) is 91.7 cm³/mol. The Kier molecular flexibility index (Phi) is 5.12. The van der Waals surface area contributed by atoms with Gasteiger partial charge in [-0.25, -0.2) is 9.97 Å². The van der Waals surface area contributed by atoms with E-state index >= 15 is 0 Å². The molecule has 1 atom stereocenters. The maximum atomic E-state index is 4.74. The molecule has 0 aliphatic heterocycles. The third-order valence-electron chi connectivity index (χ3n) is 3.76. The Morgan fingerprint density at radius 1 is 1.14 bits per heavy atom. The molecular formula is C17H22BrN3. The van der Waals surface area contributed by atoms with Crippen molar-refractivity contribution < 1.29 is 0 Å². The average Bonchev–Trinajstić information content (AvgIpc) is 2.37. The van der Waals surface area contributed by atoms with Crippen molar-refractivity contribution in [3.63, 3.8) is 0 Å². The molecule has 1 N–H and O–H groups in total. The summed E-state index contributed by atoms with van der Waals surface area (Å²) in [5.41, 5.74) is 5.67. The lowest BCUT2D eigenvalue weighted by molar-refractivity contribution is 0.663. The van der Waals surface area contributed by atoms with Crippen molar-refractivity contribution >= 4 is 15.9 Å². The Labute approximate surface area is 135 Å². The van der Waals surface area contributed by atoms with Crippen molar-refractivity contribution in [2.24, 2.45) is 0 Å². The summed E-state index contributed by atoms with van der Waals surface area (Å²) in [7, 11) is 1.97. The number of rotatable bonds is 4. The van der Waals surface area contributed by atoms with E-state index in [2.05, 4.69) is 61.1 Å². The second-order valence-electron chi connectivity index (χ2n) is 5.55. The Balaban J connectivity index is 2.49. The van der Waals surface area contributed by atoms with E-state index in [4.69, 9.17) is 9.97 Å². The van der Waals surface area contributed by atoms with Crippen LogP contribution in [0.4, 0.5) is 0 Å². The van der Waals surface area contributed by atoms with Gasteiger partial charge in [0.15, 0.2) is 5.82 Å². The summed E-state index contributed by atoms with van der Waals surface area (Å²) in [5, 5.41) is 3.22. The highest BCUT2D eigenvalue weighted by atomic mass is 79.9. The van der Waals surface area contributed by atoms with E-state index in [0.717, 1.165) is 33.8 Å². The first-order chi connectivity index (χ1) is 9.93. The molecule has 21 heavy (non-hydrogen) atoms. The molecule has 2 aromatic rings. The van der Waals surface area contributed by atoms with Gasteiger partial charge < -0.3 is 5.32 Å². The van der Waals surface area contributed by atoms with Crippen molar-refractivity contribution in [1.82, 2.24) is 15.3 Å². The number of aryl methyl sites for hydroxylation is 3. The first kappa shape index (κ1) is 16.1. The Bertz CT molecular complexity index is 629. The molecule has 0 bridgehead atoms. The first-order valence-corrected chi connectivity index (χ1v) is 7.99. The second kappa shape index (κ2) is 6.67. The lowest BCUT2D eigenvalue weighted by atomic mass is 9.97. The molecule has 3 nitrogen and oxygen atoms in total. The van der Waals surface area contributed by atoms with E-state index in [9.17, 15) is 0 Å². The fourth-order valence-electron chi connectivity index (χ4n) is 2.84. The van der Waals surface area contributed by atoms with E-state index in [1.165, 1.54) is 11.1 Å².